The number of esters is 1. The SMILES string of the molecule is C=C(C)C(=O)OC1(C(F)(F)C(C)(OCOC)C(F)(F)F)CCCCC1. The number of carbonyl (C=O) groups excluding carboxylic acids is 1. The molecule has 1 saturated carbocycles. The summed E-state index contributed by atoms with van der Waals surface area (Å²) in [6, 6.07) is 0. The van der Waals surface area contributed by atoms with Gasteiger partial charge in [0.25, 0.3) is 0 Å². The third kappa shape index (κ3) is 3.97. The van der Waals surface area contributed by atoms with Crippen molar-refractivity contribution in [2.45, 2.75) is 69.3 Å². The molecule has 1 atom stereocenters. The summed E-state index contributed by atoms with van der Waals surface area (Å²) in [6.07, 6.45) is -5.25. The molecule has 1 rings (SSSR count). The molecule has 1 aliphatic carbocycles. The van der Waals surface area contributed by atoms with Crippen LogP contribution in [0.25, 0.3) is 0 Å². The number of hydrogen-bond donors (Lipinski definition) is 0. The van der Waals surface area contributed by atoms with Gasteiger partial charge in [-0.05, 0) is 39.5 Å². The molecule has 1 unspecified atom stereocenters. The Balaban J connectivity index is 3.41. The van der Waals surface area contributed by atoms with E-state index in [9.17, 15) is 18.0 Å². The van der Waals surface area contributed by atoms with Crippen molar-refractivity contribution in [1.82, 2.24) is 0 Å². The lowest BCUT2D eigenvalue weighted by atomic mass is 9.73. The van der Waals surface area contributed by atoms with Crippen LogP contribution in [0.3, 0.4) is 0 Å². The molecular weight excluding hydrogens is 351 g/mol. The zero-order valence-corrected chi connectivity index (χ0v) is 14.5. The summed E-state index contributed by atoms with van der Waals surface area (Å²) in [5.41, 5.74) is -6.69. The van der Waals surface area contributed by atoms with E-state index in [4.69, 9.17) is 4.74 Å². The number of halogens is 5. The van der Waals surface area contributed by atoms with Gasteiger partial charge in [-0.15, -0.1) is 0 Å². The zero-order chi connectivity index (χ0) is 19.5. The second kappa shape index (κ2) is 7.57. The van der Waals surface area contributed by atoms with Crippen molar-refractivity contribution in [3.8, 4) is 0 Å². The molecule has 0 radical (unpaired) electrons. The lowest BCUT2D eigenvalue weighted by Crippen LogP contribution is -2.69. The third-order valence-electron chi connectivity index (χ3n) is 4.48. The van der Waals surface area contributed by atoms with Gasteiger partial charge in [0.1, 0.15) is 6.79 Å². The largest absolute Gasteiger partial charge is 0.449 e. The zero-order valence-electron chi connectivity index (χ0n) is 14.5. The molecule has 0 aromatic heterocycles. The summed E-state index contributed by atoms with van der Waals surface area (Å²) in [5, 5.41) is 0. The lowest BCUT2D eigenvalue weighted by molar-refractivity contribution is -0.386. The monoisotopic (exact) mass is 374 g/mol. The van der Waals surface area contributed by atoms with Crippen molar-refractivity contribution in [3.05, 3.63) is 12.2 Å². The van der Waals surface area contributed by atoms with E-state index in [1.54, 1.807) is 0 Å². The van der Waals surface area contributed by atoms with E-state index in [2.05, 4.69) is 16.1 Å². The van der Waals surface area contributed by atoms with Crippen molar-refractivity contribution in [2.24, 2.45) is 0 Å². The van der Waals surface area contributed by atoms with Crippen LogP contribution in [-0.2, 0) is 19.0 Å². The average molecular weight is 374 g/mol. The molecule has 0 bridgehead atoms. The van der Waals surface area contributed by atoms with Gasteiger partial charge in [-0.3, -0.25) is 0 Å². The van der Waals surface area contributed by atoms with Crippen molar-refractivity contribution >= 4 is 5.97 Å². The molecule has 0 heterocycles. The van der Waals surface area contributed by atoms with E-state index in [0.29, 0.717) is 6.42 Å². The number of rotatable bonds is 7. The van der Waals surface area contributed by atoms with Gasteiger partial charge in [0, 0.05) is 12.7 Å². The molecule has 0 amide bonds. The Kier molecular flexibility index (Phi) is 6.61. The fraction of sp³-hybridized carbons (Fsp3) is 0.812. The van der Waals surface area contributed by atoms with E-state index in [-0.39, 0.29) is 25.3 Å². The van der Waals surface area contributed by atoms with E-state index < -0.39 is 48.9 Å². The van der Waals surface area contributed by atoms with E-state index >= 15 is 8.78 Å². The fourth-order valence-corrected chi connectivity index (χ4v) is 2.83. The first-order chi connectivity index (χ1) is 11.3. The topological polar surface area (TPSA) is 44.8 Å². The Labute approximate surface area is 143 Å². The number of hydrogen-bond acceptors (Lipinski definition) is 4. The second-order valence-corrected chi connectivity index (χ2v) is 6.38. The molecular formula is C16H23F5O4. The minimum absolute atomic E-state index is 0.174. The number of methoxy groups -OCH3 is 1. The van der Waals surface area contributed by atoms with Crippen molar-refractivity contribution < 1.29 is 41.0 Å². The molecule has 0 aliphatic heterocycles. The highest BCUT2D eigenvalue weighted by atomic mass is 19.4. The molecule has 0 spiro atoms. The summed E-state index contributed by atoms with van der Waals surface area (Å²) >= 11 is 0. The smallest absolute Gasteiger partial charge is 0.423 e. The van der Waals surface area contributed by atoms with Crippen LogP contribution in [0.15, 0.2) is 12.2 Å². The predicted octanol–water partition coefficient (Wildman–Crippen LogP) is 4.39. The first kappa shape index (κ1) is 21.8. The van der Waals surface area contributed by atoms with Crippen molar-refractivity contribution in [2.75, 3.05) is 13.9 Å². The van der Waals surface area contributed by atoms with Crippen LogP contribution < -0.4 is 0 Å². The Bertz CT molecular complexity index is 497. The average Bonchev–Trinajstić information content (AvgIpc) is 2.51. The Morgan fingerprint density at radius 1 is 1.12 bits per heavy atom. The molecule has 0 aromatic carbocycles. The fourth-order valence-electron chi connectivity index (χ4n) is 2.83. The van der Waals surface area contributed by atoms with Gasteiger partial charge in [0.05, 0.1) is 0 Å². The van der Waals surface area contributed by atoms with Crippen LogP contribution in [0.4, 0.5) is 22.0 Å². The summed E-state index contributed by atoms with van der Waals surface area (Å²) in [5.74, 6) is -5.69. The molecule has 1 fully saturated rings. The quantitative estimate of drug-likeness (QED) is 0.287. The Morgan fingerprint density at radius 3 is 2.04 bits per heavy atom. The summed E-state index contributed by atoms with van der Waals surface area (Å²) < 4.78 is 84.8. The van der Waals surface area contributed by atoms with Crippen LogP contribution in [0.1, 0.15) is 46.0 Å². The molecule has 0 N–H and O–H groups in total. The van der Waals surface area contributed by atoms with Crippen LogP contribution in [-0.4, -0.2) is 43.2 Å². The van der Waals surface area contributed by atoms with E-state index in [0.717, 1.165) is 7.11 Å². The van der Waals surface area contributed by atoms with Crippen LogP contribution in [0.5, 0.6) is 0 Å². The minimum atomic E-state index is -5.42. The molecule has 1 aliphatic rings. The first-order valence-electron chi connectivity index (χ1n) is 7.81. The highest BCUT2D eigenvalue weighted by Crippen LogP contribution is 2.55. The van der Waals surface area contributed by atoms with Gasteiger partial charge in [-0.25, -0.2) is 4.79 Å². The number of carbonyl (C=O) groups is 1. The molecule has 25 heavy (non-hydrogen) atoms. The second-order valence-electron chi connectivity index (χ2n) is 6.38. The normalized spacial score (nSPS) is 20.6. The van der Waals surface area contributed by atoms with Gasteiger partial charge < -0.3 is 14.2 Å². The number of alkyl halides is 5. The van der Waals surface area contributed by atoms with Crippen LogP contribution in [0.2, 0.25) is 0 Å². The minimum Gasteiger partial charge on any atom is -0.449 e. The molecule has 4 nitrogen and oxygen atoms in total. The molecule has 0 saturated heterocycles. The summed E-state index contributed by atoms with van der Waals surface area (Å²) in [7, 11) is 1.02. The molecule has 0 aromatic rings. The summed E-state index contributed by atoms with van der Waals surface area (Å²) in [6.45, 7) is 3.80. The van der Waals surface area contributed by atoms with Gasteiger partial charge in [0.2, 0.25) is 5.60 Å². The van der Waals surface area contributed by atoms with Gasteiger partial charge in [-0.2, -0.15) is 22.0 Å². The highest BCUT2D eigenvalue weighted by Gasteiger charge is 2.76. The third-order valence-corrected chi connectivity index (χ3v) is 4.48. The standard InChI is InChI=1S/C16H23F5O4/c1-11(2)12(22)25-14(8-6-5-7-9-14)15(17,18)13(3,16(19,20)21)24-10-23-4/h1,5-10H2,2-4H3. The maximum atomic E-state index is 15.2. The molecule has 9 heteroatoms. The number of ether oxygens (including phenoxy) is 3. The van der Waals surface area contributed by atoms with Crippen molar-refractivity contribution in [3.63, 3.8) is 0 Å². The van der Waals surface area contributed by atoms with Gasteiger partial charge in [0.15, 0.2) is 5.60 Å². The van der Waals surface area contributed by atoms with Crippen molar-refractivity contribution in [1.29, 1.82) is 0 Å². The molecule has 146 valence electrons. The Hall–Kier alpha value is -1.22. The van der Waals surface area contributed by atoms with Crippen LogP contribution >= 0.6 is 0 Å². The Morgan fingerprint density at radius 2 is 1.64 bits per heavy atom. The van der Waals surface area contributed by atoms with Crippen LogP contribution in [0, 0.1) is 0 Å². The first-order valence-corrected chi connectivity index (χ1v) is 7.81. The maximum Gasteiger partial charge on any atom is 0.423 e. The maximum absolute atomic E-state index is 15.2. The predicted molar refractivity (Wildman–Crippen MR) is 79.1 cm³/mol. The van der Waals surface area contributed by atoms with E-state index in [1.165, 1.54) is 6.92 Å². The summed E-state index contributed by atoms with van der Waals surface area (Å²) in [4.78, 5) is 11.9. The van der Waals surface area contributed by atoms with E-state index in [1.807, 2.05) is 0 Å². The highest BCUT2D eigenvalue weighted by molar-refractivity contribution is 5.87. The lowest BCUT2D eigenvalue weighted by Gasteiger charge is -2.49. The van der Waals surface area contributed by atoms with Gasteiger partial charge in [-0.1, -0.05) is 13.0 Å². The van der Waals surface area contributed by atoms with Gasteiger partial charge >= 0.3 is 18.1 Å².